The van der Waals surface area contributed by atoms with Crippen LogP contribution in [0.4, 0.5) is 5.69 Å². The van der Waals surface area contributed by atoms with Crippen LogP contribution in [0.2, 0.25) is 0 Å². The van der Waals surface area contributed by atoms with E-state index in [2.05, 4.69) is 17.4 Å². The van der Waals surface area contributed by atoms with Gasteiger partial charge in [-0.2, -0.15) is 0 Å². The molecule has 0 saturated heterocycles. The summed E-state index contributed by atoms with van der Waals surface area (Å²) in [6.45, 7) is 0.999. The summed E-state index contributed by atoms with van der Waals surface area (Å²) in [6.07, 6.45) is 6.41. The summed E-state index contributed by atoms with van der Waals surface area (Å²) in [6, 6.07) is 17.8. The van der Waals surface area contributed by atoms with Gasteiger partial charge in [-0.3, -0.25) is 9.59 Å². The lowest BCUT2D eigenvalue weighted by Gasteiger charge is -2.32. The molecule has 4 rings (SSSR count). The van der Waals surface area contributed by atoms with Gasteiger partial charge in [-0.25, -0.2) is 0 Å². The molecule has 1 aliphatic carbocycles. The molecule has 0 radical (unpaired) electrons. The molecule has 1 saturated carbocycles. The van der Waals surface area contributed by atoms with Gasteiger partial charge >= 0.3 is 0 Å². The second kappa shape index (κ2) is 9.79. The van der Waals surface area contributed by atoms with Crippen molar-refractivity contribution in [2.45, 2.75) is 51.0 Å². The molecule has 0 aromatic heterocycles. The van der Waals surface area contributed by atoms with Gasteiger partial charge in [0.2, 0.25) is 11.8 Å². The van der Waals surface area contributed by atoms with E-state index >= 15 is 0 Å². The molecule has 1 fully saturated rings. The average molecular weight is 407 g/mol. The van der Waals surface area contributed by atoms with Crippen molar-refractivity contribution in [3.8, 4) is 5.75 Å². The van der Waals surface area contributed by atoms with Crippen LogP contribution in [-0.2, 0) is 9.59 Å². The van der Waals surface area contributed by atoms with Crippen LogP contribution < -0.4 is 15.0 Å². The van der Waals surface area contributed by atoms with Crippen molar-refractivity contribution in [3.63, 3.8) is 0 Å². The fraction of sp³-hybridized carbons (Fsp3) is 0.440. The van der Waals surface area contributed by atoms with Crippen molar-refractivity contribution >= 4 is 17.5 Å². The largest absolute Gasteiger partial charge is 0.490 e. The number of hydrogen-bond acceptors (Lipinski definition) is 3. The van der Waals surface area contributed by atoms with Gasteiger partial charge in [-0.15, -0.1) is 0 Å². The maximum Gasteiger partial charge on any atom is 0.227 e. The lowest BCUT2D eigenvalue weighted by Crippen LogP contribution is -2.39. The minimum Gasteiger partial charge on any atom is -0.490 e. The molecular weight excluding hydrogens is 376 g/mol. The number of nitrogens with one attached hydrogen (secondary N) is 1. The Morgan fingerprint density at radius 1 is 0.967 bits per heavy atom. The number of para-hydroxylation sites is 2. The summed E-state index contributed by atoms with van der Waals surface area (Å²) in [7, 11) is 0. The van der Waals surface area contributed by atoms with Crippen LogP contribution in [0.1, 0.15) is 56.6 Å². The number of anilines is 1. The lowest BCUT2D eigenvalue weighted by atomic mass is 9.81. The maximum absolute atomic E-state index is 12.8. The van der Waals surface area contributed by atoms with Gasteiger partial charge in [-0.05, 0) is 36.5 Å². The lowest BCUT2D eigenvalue weighted by molar-refractivity contribution is -0.126. The van der Waals surface area contributed by atoms with Crippen molar-refractivity contribution in [2.75, 3.05) is 18.1 Å². The second-order valence-electron chi connectivity index (χ2n) is 8.22. The molecule has 0 spiro atoms. The van der Waals surface area contributed by atoms with Crippen molar-refractivity contribution < 1.29 is 14.3 Å². The zero-order valence-electron chi connectivity index (χ0n) is 17.4. The van der Waals surface area contributed by atoms with E-state index in [4.69, 9.17) is 4.74 Å². The van der Waals surface area contributed by atoms with E-state index in [9.17, 15) is 9.59 Å². The highest BCUT2D eigenvalue weighted by atomic mass is 16.5. The van der Waals surface area contributed by atoms with Crippen LogP contribution in [-0.4, -0.2) is 25.0 Å². The molecule has 2 aromatic carbocycles. The summed E-state index contributed by atoms with van der Waals surface area (Å²) < 4.78 is 5.63. The minimum atomic E-state index is -0.0516. The van der Waals surface area contributed by atoms with E-state index in [1.165, 1.54) is 19.3 Å². The summed E-state index contributed by atoms with van der Waals surface area (Å²) in [4.78, 5) is 27.3. The summed E-state index contributed by atoms with van der Waals surface area (Å²) >= 11 is 0. The zero-order chi connectivity index (χ0) is 20.8. The molecule has 5 nitrogen and oxygen atoms in total. The first kappa shape index (κ1) is 20.5. The van der Waals surface area contributed by atoms with E-state index < -0.39 is 0 Å². The molecule has 1 N–H and O–H groups in total. The highest BCUT2D eigenvalue weighted by molar-refractivity contribution is 5.97. The van der Waals surface area contributed by atoms with Crippen LogP contribution in [0.3, 0.4) is 0 Å². The summed E-state index contributed by atoms with van der Waals surface area (Å²) in [5.41, 5.74) is 1.95. The first-order valence-electron chi connectivity index (χ1n) is 11.1. The number of benzene rings is 2. The third-order valence-electron chi connectivity index (χ3n) is 6.19. The molecule has 1 heterocycles. The van der Waals surface area contributed by atoms with Crippen LogP contribution in [0.15, 0.2) is 54.6 Å². The molecule has 2 aliphatic rings. The SMILES string of the molecule is O=C(CCC(=O)N1CCOc2ccccc21)NC(c1ccccc1)C1CCCCC1. The molecule has 0 bridgehead atoms. The van der Waals surface area contributed by atoms with Gasteiger partial charge in [0.1, 0.15) is 12.4 Å². The number of amides is 2. The van der Waals surface area contributed by atoms with Crippen molar-refractivity contribution in [3.05, 3.63) is 60.2 Å². The zero-order valence-corrected chi connectivity index (χ0v) is 17.4. The fourth-order valence-electron chi connectivity index (χ4n) is 4.63. The molecule has 2 aromatic rings. The number of hydrogen-bond donors (Lipinski definition) is 1. The number of fused-ring (bicyclic) bond motifs is 1. The number of carbonyl (C=O) groups is 2. The third kappa shape index (κ3) is 4.84. The number of carbonyl (C=O) groups excluding carboxylic acids is 2. The topological polar surface area (TPSA) is 58.6 Å². The monoisotopic (exact) mass is 406 g/mol. The molecule has 1 unspecified atom stereocenters. The van der Waals surface area contributed by atoms with Crippen LogP contribution in [0.5, 0.6) is 5.75 Å². The molecule has 5 heteroatoms. The van der Waals surface area contributed by atoms with Gasteiger partial charge in [-0.1, -0.05) is 61.7 Å². The predicted molar refractivity (Wildman–Crippen MR) is 117 cm³/mol. The van der Waals surface area contributed by atoms with Crippen molar-refractivity contribution in [2.24, 2.45) is 5.92 Å². The van der Waals surface area contributed by atoms with Crippen LogP contribution in [0, 0.1) is 5.92 Å². The molecule has 1 aliphatic heterocycles. The van der Waals surface area contributed by atoms with E-state index in [0.29, 0.717) is 19.1 Å². The van der Waals surface area contributed by atoms with Crippen LogP contribution in [0.25, 0.3) is 0 Å². The Bertz CT molecular complexity index is 862. The number of ether oxygens (including phenoxy) is 1. The normalized spacial score (nSPS) is 17.5. The Hall–Kier alpha value is -2.82. The maximum atomic E-state index is 12.8. The molecule has 158 valence electrons. The Kier molecular flexibility index (Phi) is 6.67. The third-order valence-corrected chi connectivity index (χ3v) is 6.19. The minimum absolute atomic E-state index is 0.0261. The van der Waals surface area contributed by atoms with E-state index in [1.807, 2.05) is 42.5 Å². The standard InChI is InChI=1S/C25H30N2O3/c28-23(15-16-24(29)27-17-18-30-22-14-8-7-13-21(22)27)26-25(19-9-3-1-4-10-19)20-11-5-2-6-12-20/h1,3-4,7-10,13-14,20,25H,2,5-6,11-12,15-18H2,(H,26,28). The van der Waals surface area contributed by atoms with E-state index in [0.717, 1.165) is 29.8 Å². The van der Waals surface area contributed by atoms with Gasteiger partial charge < -0.3 is 15.0 Å². The Morgan fingerprint density at radius 3 is 2.50 bits per heavy atom. The Balaban J connectivity index is 1.37. The molecule has 30 heavy (non-hydrogen) atoms. The first-order chi connectivity index (χ1) is 14.7. The smallest absolute Gasteiger partial charge is 0.227 e. The van der Waals surface area contributed by atoms with Crippen molar-refractivity contribution in [1.29, 1.82) is 0 Å². The first-order valence-corrected chi connectivity index (χ1v) is 11.1. The Labute approximate surface area is 178 Å². The van der Waals surface area contributed by atoms with Gasteiger partial charge in [0.15, 0.2) is 0 Å². The molecular formula is C25H30N2O3. The average Bonchev–Trinajstić information content (AvgIpc) is 2.81. The quantitative estimate of drug-likeness (QED) is 0.761. The number of rotatable bonds is 6. The van der Waals surface area contributed by atoms with E-state index in [-0.39, 0.29) is 30.7 Å². The van der Waals surface area contributed by atoms with Crippen molar-refractivity contribution in [1.82, 2.24) is 5.32 Å². The van der Waals surface area contributed by atoms with Gasteiger partial charge in [0.05, 0.1) is 18.3 Å². The summed E-state index contributed by atoms with van der Waals surface area (Å²) in [5.74, 6) is 1.11. The molecule has 2 amide bonds. The summed E-state index contributed by atoms with van der Waals surface area (Å²) in [5, 5.41) is 3.25. The highest BCUT2D eigenvalue weighted by Gasteiger charge is 2.27. The van der Waals surface area contributed by atoms with E-state index in [1.54, 1.807) is 4.90 Å². The molecule has 1 atom stereocenters. The Morgan fingerprint density at radius 2 is 1.70 bits per heavy atom. The fourth-order valence-corrected chi connectivity index (χ4v) is 4.63. The predicted octanol–water partition coefficient (Wildman–Crippen LogP) is 4.63. The second-order valence-corrected chi connectivity index (χ2v) is 8.22. The van der Waals surface area contributed by atoms with Gasteiger partial charge in [0.25, 0.3) is 0 Å². The number of nitrogens with zero attached hydrogens (tertiary/aromatic N) is 1. The highest BCUT2D eigenvalue weighted by Crippen LogP contribution is 2.35. The van der Waals surface area contributed by atoms with Gasteiger partial charge in [0, 0.05) is 12.8 Å². The van der Waals surface area contributed by atoms with Crippen LogP contribution >= 0.6 is 0 Å².